The molecule has 1 aromatic heterocycles. The zero-order valence-electron chi connectivity index (χ0n) is 12.3. The van der Waals surface area contributed by atoms with Gasteiger partial charge in [-0.25, -0.2) is 0 Å². The summed E-state index contributed by atoms with van der Waals surface area (Å²) in [6.07, 6.45) is 1.01. The molecule has 5 N–H and O–H groups in total. The van der Waals surface area contributed by atoms with Gasteiger partial charge < -0.3 is 10.9 Å². The number of amides is 1. The van der Waals surface area contributed by atoms with Crippen LogP contribution >= 0.6 is 11.6 Å². The molecule has 10 nitrogen and oxygen atoms in total. The second kappa shape index (κ2) is 8.67. The zero-order chi connectivity index (χ0) is 18.3. The summed E-state index contributed by atoms with van der Waals surface area (Å²) >= 11 is 0.449. The Hall–Kier alpha value is -2.10. The van der Waals surface area contributed by atoms with Gasteiger partial charge in [-0.1, -0.05) is 4.98 Å². The van der Waals surface area contributed by atoms with E-state index in [2.05, 4.69) is 14.2 Å². The van der Waals surface area contributed by atoms with Crippen LogP contribution in [-0.4, -0.2) is 34.4 Å². The van der Waals surface area contributed by atoms with E-state index in [4.69, 9.17) is 22.6 Å². The van der Waals surface area contributed by atoms with Crippen molar-refractivity contribution in [2.24, 2.45) is 0 Å². The Labute approximate surface area is 144 Å². The number of hydrogen-bond donors (Lipinski definition) is 4. The Bertz CT molecular complexity index is 775. The fourth-order valence-electron chi connectivity index (χ4n) is 1.46. The van der Waals surface area contributed by atoms with E-state index in [-0.39, 0.29) is 26.9 Å². The van der Waals surface area contributed by atoms with Crippen molar-refractivity contribution in [2.45, 2.75) is 6.92 Å². The van der Waals surface area contributed by atoms with Gasteiger partial charge in [-0.15, -0.1) is 0 Å². The second-order valence-corrected chi connectivity index (χ2v) is 8.19. The third kappa shape index (κ3) is 5.84. The summed E-state index contributed by atoms with van der Waals surface area (Å²) in [6.45, 7) is 1.27. The van der Waals surface area contributed by atoms with Crippen LogP contribution in [0.2, 0.25) is 5.15 Å². The summed E-state index contributed by atoms with van der Waals surface area (Å²) in [4.78, 5) is 14.3. The molecule has 0 saturated heterocycles. The van der Waals surface area contributed by atoms with Crippen LogP contribution in [0.3, 0.4) is 0 Å². The number of aromatic nitrogens is 2. The fourth-order valence-corrected chi connectivity index (χ4v) is 3.28. The van der Waals surface area contributed by atoms with Crippen LogP contribution in [0.25, 0.3) is 0 Å². The predicted octanol–water partition coefficient (Wildman–Crippen LogP) is -0.346. The maximum absolute atomic E-state index is 11.4. The molecule has 0 spiro atoms. The third-order valence-corrected chi connectivity index (χ3v) is 5.20. The van der Waals surface area contributed by atoms with Gasteiger partial charge in [-0.05, 0) is 11.6 Å². The number of hydrogen-bond acceptors (Lipinski definition) is 7. The van der Waals surface area contributed by atoms with Gasteiger partial charge in [-0.2, -0.15) is 0 Å². The number of carbonyl (C=O) groups is 1. The molecule has 1 atom stereocenters. The molecule has 0 bridgehead atoms. The predicted molar refractivity (Wildman–Crippen MR) is 85.4 cm³/mol. The van der Waals surface area contributed by atoms with Crippen molar-refractivity contribution in [2.75, 3.05) is 11.1 Å². The van der Waals surface area contributed by atoms with Crippen molar-refractivity contribution < 1.29 is 26.5 Å². The van der Waals surface area contributed by atoms with Crippen LogP contribution in [-0.2, 0) is 12.4 Å². The molecule has 130 valence electrons. The molecule has 1 unspecified atom stereocenters. The molecule has 0 saturated carbocycles. The average Bonchev–Trinajstić information content (AvgIpc) is 2.52. The van der Waals surface area contributed by atoms with Gasteiger partial charge in [0, 0.05) is 0 Å². The minimum Gasteiger partial charge on any atom is -0.740 e. The number of nitrogen functional groups attached to an aromatic ring is 1. The summed E-state index contributed by atoms with van der Waals surface area (Å²) < 4.78 is 24.6. The molecule has 12 heteroatoms. The number of nitrogens with two attached hydrogens (primary N) is 1. The van der Waals surface area contributed by atoms with Crippen LogP contribution in [0.5, 0.6) is 0 Å². The molecule has 2 aromatic rings. The molecule has 24 heavy (non-hydrogen) atoms. The van der Waals surface area contributed by atoms with Crippen molar-refractivity contribution in [1.82, 2.24) is 4.98 Å². The van der Waals surface area contributed by atoms with Gasteiger partial charge in [-0.3, -0.25) is 4.73 Å². The summed E-state index contributed by atoms with van der Waals surface area (Å²) in [5.41, 5.74) is 5.30. The Morgan fingerprint density at radius 3 is 2.62 bits per heavy atom. The minimum absolute atomic E-state index is 0.0509. The van der Waals surface area contributed by atoms with E-state index in [1.165, 1.54) is 31.2 Å². The van der Waals surface area contributed by atoms with E-state index in [1.54, 1.807) is 6.07 Å². The molecule has 1 amide bonds. The number of halogens is 1. The first-order chi connectivity index (χ1) is 11.2. The van der Waals surface area contributed by atoms with Crippen molar-refractivity contribution in [3.05, 3.63) is 47.0 Å². The molecule has 1 heterocycles. The summed E-state index contributed by atoms with van der Waals surface area (Å²) in [5, 5.41) is 21.3. The molecule has 1 aromatic carbocycles. The summed E-state index contributed by atoms with van der Waals surface area (Å²) in [6, 6.07) is 7.13. The van der Waals surface area contributed by atoms with Crippen LogP contribution in [0.1, 0.15) is 6.92 Å². The molecular weight excluding hydrogens is 407 g/mol. The number of rotatable bonds is 3. The van der Waals surface area contributed by atoms with Crippen LogP contribution in [0.15, 0.2) is 36.7 Å². The molecular formula is C12H14AsClN4O6. The topological polar surface area (TPSA) is 162 Å². The summed E-state index contributed by atoms with van der Waals surface area (Å²) in [5.74, 6) is -0.328. The van der Waals surface area contributed by atoms with E-state index in [0.717, 1.165) is 6.33 Å². The summed E-state index contributed by atoms with van der Waals surface area (Å²) in [7, 11) is 0. The first-order valence-electron chi connectivity index (χ1n) is 6.20. The minimum atomic E-state index is -4.92. The number of benzene rings is 1. The number of nitrogens with one attached hydrogen (secondary N) is 1. The molecule has 0 fully saturated rings. The zero-order valence-corrected chi connectivity index (χ0v) is 14.9. The van der Waals surface area contributed by atoms with Crippen molar-refractivity contribution in [3.8, 4) is 0 Å². The molecule has 2 rings (SSSR count). The van der Waals surface area contributed by atoms with Crippen LogP contribution < -0.4 is 20.1 Å². The Morgan fingerprint density at radius 2 is 2.12 bits per heavy atom. The molecule has 0 aliphatic carbocycles. The Morgan fingerprint density at radius 1 is 1.50 bits per heavy atom. The number of anilines is 2. The average molecular weight is 421 g/mol. The first kappa shape index (κ1) is 19.9. The first-order valence-corrected chi connectivity index (χ1v) is 9.89. The SMILES string of the molecule is CC(=O)Nc1ccccc1[As](=O)(O)OO.Nc1cc(Cl)nc[n+]1[O-]. The van der Waals surface area contributed by atoms with Gasteiger partial charge in [0.1, 0.15) is 0 Å². The van der Waals surface area contributed by atoms with E-state index >= 15 is 0 Å². The van der Waals surface area contributed by atoms with Gasteiger partial charge in [0.2, 0.25) is 17.3 Å². The third-order valence-electron chi connectivity index (χ3n) is 2.44. The maximum Gasteiger partial charge on any atom is 0.227 e. The van der Waals surface area contributed by atoms with Crippen molar-refractivity contribution in [1.29, 1.82) is 0 Å². The molecule has 0 radical (unpaired) electrons. The van der Waals surface area contributed by atoms with Crippen LogP contribution in [0, 0.1) is 5.21 Å². The fraction of sp³-hybridized carbons (Fsp3) is 0.0833. The monoisotopic (exact) mass is 420 g/mol. The molecule has 0 aliphatic rings. The van der Waals surface area contributed by atoms with Gasteiger partial charge in [0.15, 0.2) is 0 Å². The van der Waals surface area contributed by atoms with E-state index < -0.39 is 14.2 Å². The maximum atomic E-state index is 11.4. The number of para-hydroxylation sites is 1. The van der Waals surface area contributed by atoms with E-state index in [0.29, 0.717) is 4.73 Å². The number of nitrogens with zero attached hydrogens (tertiary/aromatic N) is 2. The van der Waals surface area contributed by atoms with Gasteiger partial charge >= 0.3 is 88.4 Å². The van der Waals surface area contributed by atoms with E-state index in [9.17, 15) is 17.8 Å². The Kier molecular flexibility index (Phi) is 7.20. The number of carbonyl (C=O) groups excluding carboxylic acids is 1. The standard InChI is InChI=1S/C8H10AsNO5.C4H4ClN3O/c1-6(11)10-8-5-3-2-4-7(8)9(12,13)15-14;5-3-1-4(6)8(9)2-7-3/h2-5,14H,1H3,(H,10,11)(H,12,13);1-2H,6H2. The van der Waals surface area contributed by atoms with Crippen LogP contribution in [0.4, 0.5) is 11.5 Å². The quantitative estimate of drug-likeness (QED) is 0.131. The van der Waals surface area contributed by atoms with E-state index in [1.807, 2.05) is 0 Å². The van der Waals surface area contributed by atoms with Gasteiger partial charge in [0.25, 0.3) is 0 Å². The second-order valence-electron chi connectivity index (χ2n) is 4.26. The smallest absolute Gasteiger partial charge is 0.227 e. The van der Waals surface area contributed by atoms with Crippen molar-refractivity contribution in [3.63, 3.8) is 0 Å². The Balaban J connectivity index is 0.000000272. The van der Waals surface area contributed by atoms with Crippen molar-refractivity contribution >= 4 is 47.5 Å². The largest absolute Gasteiger partial charge is 0.740 e. The van der Waals surface area contributed by atoms with Gasteiger partial charge in [0.05, 0.1) is 6.07 Å². The normalized spacial score (nSPS) is 12.5. The molecule has 0 aliphatic heterocycles.